The third-order valence-electron chi connectivity index (χ3n) is 3.75. The zero-order chi connectivity index (χ0) is 12.3. The Morgan fingerprint density at radius 3 is 2.29 bits per heavy atom. The third kappa shape index (κ3) is 3.18. The molecule has 0 spiro atoms. The first-order valence-electron chi connectivity index (χ1n) is 6.62. The second-order valence-corrected chi connectivity index (χ2v) is 5.10. The van der Waals surface area contributed by atoms with E-state index in [0.29, 0.717) is 6.04 Å². The molecule has 5 nitrogen and oxygen atoms in total. The summed E-state index contributed by atoms with van der Waals surface area (Å²) in [6.45, 7) is 7.76. The SMILES string of the molecule is CC(=O)N(C1CCN(C)CC1)N1CCNCC1. The number of likely N-dealkylation sites (tertiary alicyclic amines) is 1. The Morgan fingerprint density at radius 2 is 1.76 bits per heavy atom. The summed E-state index contributed by atoms with van der Waals surface area (Å²) in [5.74, 6) is 0.196. The molecule has 2 rings (SSSR count). The van der Waals surface area contributed by atoms with Crippen LogP contribution in [0.25, 0.3) is 0 Å². The molecule has 2 fully saturated rings. The minimum atomic E-state index is 0.196. The molecule has 2 saturated heterocycles. The molecular weight excluding hydrogens is 216 g/mol. The van der Waals surface area contributed by atoms with Crippen LogP contribution >= 0.6 is 0 Å². The summed E-state index contributed by atoms with van der Waals surface area (Å²) in [5.41, 5.74) is 0. The van der Waals surface area contributed by atoms with E-state index < -0.39 is 0 Å². The number of nitrogens with zero attached hydrogens (tertiary/aromatic N) is 3. The van der Waals surface area contributed by atoms with Gasteiger partial charge in [-0.15, -0.1) is 0 Å². The second kappa shape index (κ2) is 5.80. The molecule has 0 aromatic rings. The Bertz CT molecular complexity index is 257. The van der Waals surface area contributed by atoms with Crippen LogP contribution in [0.5, 0.6) is 0 Å². The van der Waals surface area contributed by atoms with Crippen LogP contribution < -0.4 is 5.32 Å². The number of piperazine rings is 1. The van der Waals surface area contributed by atoms with Crippen molar-refractivity contribution in [2.45, 2.75) is 25.8 Å². The Kier molecular flexibility index (Phi) is 4.36. The van der Waals surface area contributed by atoms with E-state index in [9.17, 15) is 4.79 Å². The predicted octanol–water partition coefficient (Wildman–Crippen LogP) is -0.251. The van der Waals surface area contributed by atoms with Gasteiger partial charge < -0.3 is 10.2 Å². The molecule has 2 aliphatic rings. The smallest absolute Gasteiger partial charge is 0.234 e. The van der Waals surface area contributed by atoms with Gasteiger partial charge in [0.1, 0.15) is 0 Å². The maximum Gasteiger partial charge on any atom is 0.234 e. The molecule has 0 saturated carbocycles. The molecular formula is C12H24N4O. The van der Waals surface area contributed by atoms with E-state index in [-0.39, 0.29) is 5.91 Å². The zero-order valence-electron chi connectivity index (χ0n) is 11.0. The predicted molar refractivity (Wildman–Crippen MR) is 67.5 cm³/mol. The summed E-state index contributed by atoms with van der Waals surface area (Å²) in [4.78, 5) is 14.2. The summed E-state index contributed by atoms with van der Waals surface area (Å²) in [7, 11) is 2.15. The Morgan fingerprint density at radius 1 is 1.18 bits per heavy atom. The molecule has 2 heterocycles. The lowest BCUT2D eigenvalue weighted by Crippen LogP contribution is -2.59. The first kappa shape index (κ1) is 12.8. The van der Waals surface area contributed by atoms with Crippen LogP contribution in [-0.4, -0.2) is 73.2 Å². The van der Waals surface area contributed by atoms with Crippen LogP contribution in [0, 0.1) is 0 Å². The number of amides is 1. The fourth-order valence-electron chi connectivity index (χ4n) is 2.80. The number of carbonyl (C=O) groups excluding carboxylic acids is 1. The van der Waals surface area contributed by atoms with Gasteiger partial charge in [0, 0.05) is 33.1 Å². The highest BCUT2D eigenvalue weighted by atomic mass is 16.2. The minimum Gasteiger partial charge on any atom is -0.314 e. The van der Waals surface area contributed by atoms with Gasteiger partial charge in [-0.2, -0.15) is 0 Å². The molecule has 0 bridgehead atoms. The van der Waals surface area contributed by atoms with E-state index in [2.05, 4.69) is 22.3 Å². The lowest BCUT2D eigenvalue weighted by molar-refractivity contribution is -0.157. The van der Waals surface area contributed by atoms with Crippen LogP contribution in [0.2, 0.25) is 0 Å². The topological polar surface area (TPSA) is 38.8 Å². The van der Waals surface area contributed by atoms with Gasteiger partial charge in [0.15, 0.2) is 0 Å². The Labute approximate surface area is 104 Å². The molecule has 98 valence electrons. The molecule has 0 aliphatic carbocycles. The van der Waals surface area contributed by atoms with Crippen molar-refractivity contribution in [2.24, 2.45) is 0 Å². The van der Waals surface area contributed by atoms with Crippen molar-refractivity contribution in [2.75, 3.05) is 46.3 Å². The van der Waals surface area contributed by atoms with Crippen molar-refractivity contribution in [3.8, 4) is 0 Å². The molecule has 0 aromatic heterocycles. The number of rotatable bonds is 2. The van der Waals surface area contributed by atoms with Crippen LogP contribution in [-0.2, 0) is 4.79 Å². The number of nitrogens with one attached hydrogen (secondary N) is 1. The van der Waals surface area contributed by atoms with Crippen molar-refractivity contribution < 1.29 is 4.79 Å². The first-order chi connectivity index (χ1) is 8.18. The minimum absolute atomic E-state index is 0.196. The summed E-state index contributed by atoms with van der Waals surface area (Å²) in [5, 5.41) is 7.58. The standard InChI is InChI=1S/C12H24N4O/c1-11(17)16(15-9-5-13-6-10-15)12-3-7-14(2)8-4-12/h12-13H,3-10H2,1-2H3. The van der Waals surface area contributed by atoms with Gasteiger partial charge >= 0.3 is 0 Å². The first-order valence-corrected chi connectivity index (χ1v) is 6.62. The number of carbonyl (C=O) groups is 1. The van der Waals surface area contributed by atoms with Crippen LogP contribution in [0.15, 0.2) is 0 Å². The van der Waals surface area contributed by atoms with Gasteiger partial charge in [-0.25, -0.2) is 5.01 Å². The van der Waals surface area contributed by atoms with Crippen molar-refractivity contribution in [3.05, 3.63) is 0 Å². The number of hydrazine groups is 1. The molecule has 0 unspecified atom stereocenters. The van der Waals surface area contributed by atoms with Gasteiger partial charge in [0.25, 0.3) is 0 Å². The van der Waals surface area contributed by atoms with E-state index in [1.807, 2.05) is 5.01 Å². The maximum absolute atomic E-state index is 11.9. The molecule has 17 heavy (non-hydrogen) atoms. The number of piperidine rings is 1. The molecule has 2 aliphatic heterocycles. The molecule has 1 N–H and O–H groups in total. The van der Waals surface area contributed by atoms with Gasteiger partial charge in [-0.05, 0) is 33.0 Å². The van der Waals surface area contributed by atoms with Gasteiger partial charge in [0.2, 0.25) is 5.91 Å². The van der Waals surface area contributed by atoms with Crippen molar-refractivity contribution in [1.29, 1.82) is 0 Å². The summed E-state index contributed by atoms with van der Waals surface area (Å²) < 4.78 is 0. The highest BCUT2D eigenvalue weighted by Gasteiger charge is 2.30. The summed E-state index contributed by atoms with van der Waals surface area (Å²) in [6.07, 6.45) is 2.19. The normalized spacial score (nSPS) is 24.8. The molecule has 0 atom stereocenters. The lowest BCUT2D eigenvalue weighted by Gasteiger charge is -2.44. The molecule has 0 aromatic carbocycles. The van der Waals surface area contributed by atoms with Crippen LogP contribution in [0.1, 0.15) is 19.8 Å². The maximum atomic E-state index is 11.9. The summed E-state index contributed by atoms with van der Waals surface area (Å²) >= 11 is 0. The average Bonchev–Trinajstić information content (AvgIpc) is 2.33. The quantitative estimate of drug-likeness (QED) is 0.722. The van der Waals surface area contributed by atoms with Gasteiger partial charge in [-0.1, -0.05) is 0 Å². The highest BCUT2D eigenvalue weighted by Crippen LogP contribution is 2.18. The van der Waals surface area contributed by atoms with E-state index >= 15 is 0 Å². The van der Waals surface area contributed by atoms with Crippen LogP contribution in [0.3, 0.4) is 0 Å². The summed E-state index contributed by atoms with van der Waals surface area (Å²) in [6, 6.07) is 0.404. The van der Waals surface area contributed by atoms with Crippen molar-refractivity contribution >= 4 is 5.91 Å². The van der Waals surface area contributed by atoms with Crippen LogP contribution in [0.4, 0.5) is 0 Å². The van der Waals surface area contributed by atoms with Crippen molar-refractivity contribution in [3.63, 3.8) is 0 Å². The third-order valence-corrected chi connectivity index (χ3v) is 3.75. The van der Waals surface area contributed by atoms with E-state index in [4.69, 9.17) is 0 Å². The second-order valence-electron chi connectivity index (χ2n) is 5.10. The monoisotopic (exact) mass is 240 g/mol. The number of hydrogen-bond donors (Lipinski definition) is 1. The molecule has 1 amide bonds. The lowest BCUT2D eigenvalue weighted by atomic mass is 10.0. The fourth-order valence-corrected chi connectivity index (χ4v) is 2.80. The van der Waals surface area contributed by atoms with E-state index in [1.165, 1.54) is 0 Å². The molecule has 0 radical (unpaired) electrons. The Hall–Kier alpha value is -0.650. The Balaban J connectivity index is 1.98. The van der Waals surface area contributed by atoms with E-state index in [1.54, 1.807) is 6.92 Å². The number of hydrogen-bond acceptors (Lipinski definition) is 4. The molecule has 5 heteroatoms. The van der Waals surface area contributed by atoms with Gasteiger partial charge in [-0.3, -0.25) is 9.80 Å². The fraction of sp³-hybridized carbons (Fsp3) is 0.917. The largest absolute Gasteiger partial charge is 0.314 e. The van der Waals surface area contributed by atoms with E-state index in [0.717, 1.165) is 52.1 Å². The van der Waals surface area contributed by atoms with Gasteiger partial charge in [0.05, 0.1) is 6.04 Å². The average molecular weight is 240 g/mol. The highest BCUT2D eigenvalue weighted by molar-refractivity contribution is 5.73. The van der Waals surface area contributed by atoms with Crippen molar-refractivity contribution in [1.82, 2.24) is 20.2 Å². The zero-order valence-corrected chi connectivity index (χ0v) is 11.0.